The molecule has 1 aliphatic carbocycles. The van der Waals surface area contributed by atoms with Crippen LogP contribution >= 0.6 is 0 Å². The topological polar surface area (TPSA) is 51.2 Å². The van der Waals surface area contributed by atoms with Crippen molar-refractivity contribution in [2.45, 2.75) is 42.9 Å². The third-order valence-corrected chi connectivity index (χ3v) is 8.77. The lowest BCUT2D eigenvalue weighted by atomic mass is 9.53. The normalized spacial score (nSPS) is 41.0. The molecule has 1 aromatic carbocycles. The van der Waals surface area contributed by atoms with Crippen molar-refractivity contribution in [2.75, 3.05) is 38.8 Å². The first-order chi connectivity index (χ1) is 14.2. The molecule has 6 atom stereocenters. The van der Waals surface area contributed by atoms with Gasteiger partial charge in [0.1, 0.15) is 0 Å². The highest BCUT2D eigenvalue weighted by Gasteiger charge is 2.69. The van der Waals surface area contributed by atoms with Crippen LogP contribution in [0.15, 0.2) is 23.8 Å². The molecular weight excluding hydrogens is 368 g/mol. The minimum absolute atomic E-state index is 0.00526. The van der Waals surface area contributed by atoms with Crippen LogP contribution in [-0.2, 0) is 14.9 Å². The summed E-state index contributed by atoms with van der Waals surface area (Å²) in [6.45, 7) is 2.83. The number of amides is 1. The molecule has 3 saturated heterocycles. The molecule has 6 aliphatic rings. The molecule has 2 bridgehead atoms. The summed E-state index contributed by atoms with van der Waals surface area (Å²) >= 11 is 0. The van der Waals surface area contributed by atoms with Crippen LogP contribution in [0.5, 0.6) is 11.5 Å². The lowest BCUT2D eigenvalue weighted by Crippen LogP contribution is -2.68. The van der Waals surface area contributed by atoms with E-state index in [0.717, 1.165) is 37.4 Å². The molecule has 29 heavy (non-hydrogen) atoms. The molecule has 5 aliphatic heterocycles. The SMILES string of the molecule is COc1cc2c(cc1OC)[C@@]13CCN4CC5=CCO[C@@H]6CC(=O)N2[C@H]1[C@H]6[C@@H]5[C@@H]4C3. The third-order valence-electron chi connectivity index (χ3n) is 8.77. The van der Waals surface area contributed by atoms with Crippen molar-refractivity contribution >= 4 is 11.6 Å². The Balaban J connectivity index is 1.50. The van der Waals surface area contributed by atoms with Crippen molar-refractivity contribution in [3.63, 3.8) is 0 Å². The number of rotatable bonds is 2. The average molecular weight is 394 g/mol. The second-order valence-electron chi connectivity index (χ2n) is 9.54. The van der Waals surface area contributed by atoms with Crippen LogP contribution in [0.25, 0.3) is 0 Å². The van der Waals surface area contributed by atoms with Crippen molar-refractivity contribution < 1.29 is 19.0 Å². The van der Waals surface area contributed by atoms with Gasteiger partial charge in [-0.25, -0.2) is 0 Å². The fourth-order valence-corrected chi connectivity index (χ4v) is 7.81. The number of ether oxygens (including phenoxy) is 3. The first-order valence-corrected chi connectivity index (χ1v) is 10.8. The number of nitrogens with zero attached hydrogens (tertiary/aromatic N) is 2. The van der Waals surface area contributed by atoms with Gasteiger partial charge in [0, 0.05) is 35.9 Å². The number of anilines is 1. The maximum absolute atomic E-state index is 13.4. The Morgan fingerprint density at radius 3 is 2.86 bits per heavy atom. The van der Waals surface area contributed by atoms with E-state index in [0.29, 0.717) is 36.7 Å². The molecule has 0 radical (unpaired) electrons. The summed E-state index contributed by atoms with van der Waals surface area (Å²) in [5.41, 5.74) is 3.88. The molecule has 0 unspecified atom stereocenters. The van der Waals surface area contributed by atoms with E-state index >= 15 is 0 Å². The molecule has 152 valence electrons. The maximum Gasteiger partial charge on any atom is 0.229 e. The Kier molecular flexibility index (Phi) is 3.08. The van der Waals surface area contributed by atoms with Gasteiger partial charge < -0.3 is 19.1 Å². The van der Waals surface area contributed by atoms with Crippen LogP contribution in [0.1, 0.15) is 24.8 Å². The molecule has 6 heteroatoms. The van der Waals surface area contributed by atoms with Gasteiger partial charge in [0.2, 0.25) is 5.91 Å². The minimum Gasteiger partial charge on any atom is -0.493 e. The zero-order valence-electron chi connectivity index (χ0n) is 16.9. The van der Waals surface area contributed by atoms with Crippen molar-refractivity contribution in [2.24, 2.45) is 11.8 Å². The highest BCUT2D eigenvalue weighted by atomic mass is 16.5. The monoisotopic (exact) mass is 394 g/mol. The molecule has 1 amide bonds. The average Bonchev–Trinajstić information content (AvgIpc) is 3.17. The predicted octanol–water partition coefficient (Wildman–Crippen LogP) is 2.11. The molecule has 1 spiro atoms. The van der Waals surface area contributed by atoms with Gasteiger partial charge in [-0.1, -0.05) is 11.6 Å². The van der Waals surface area contributed by atoms with Crippen LogP contribution in [0, 0.1) is 11.8 Å². The fraction of sp³-hybridized carbons (Fsp3) is 0.609. The van der Waals surface area contributed by atoms with E-state index in [4.69, 9.17) is 14.2 Å². The second-order valence-corrected chi connectivity index (χ2v) is 9.54. The summed E-state index contributed by atoms with van der Waals surface area (Å²) in [6, 6.07) is 4.95. The van der Waals surface area contributed by atoms with E-state index in [1.54, 1.807) is 19.8 Å². The van der Waals surface area contributed by atoms with E-state index in [2.05, 4.69) is 21.9 Å². The number of methoxy groups -OCH3 is 2. The van der Waals surface area contributed by atoms with Crippen LogP contribution in [-0.4, -0.2) is 62.9 Å². The van der Waals surface area contributed by atoms with Gasteiger partial charge in [-0.15, -0.1) is 0 Å². The number of benzene rings is 1. The highest BCUT2D eigenvalue weighted by Crippen LogP contribution is 2.65. The molecule has 7 rings (SSSR count). The molecule has 4 fully saturated rings. The number of fused-ring (bicyclic) bond motifs is 2. The Hall–Kier alpha value is -2.05. The second kappa shape index (κ2) is 5.35. The smallest absolute Gasteiger partial charge is 0.229 e. The standard InChI is InChI=1S/C23H26N2O4/c1-27-16-7-13-14(8-17(16)28-2)25-19(26)9-18-21-20-12(3-6-29-18)11-24-5-4-23(13,22(21)25)10-15(20)24/h3,7-8,15,18,20-22H,4-6,9-11H2,1-2H3/t15-,18+,20-,21+,22-,23-/m0/s1. The zero-order chi connectivity index (χ0) is 19.5. The fourth-order valence-electron chi connectivity index (χ4n) is 7.81. The summed E-state index contributed by atoms with van der Waals surface area (Å²) in [6.07, 6.45) is 5.03. The zero-order valence-corrected chi connectivity index (χ0v) is 16.9. The number of hydrogen-bond donors (Lipinski definition) is 0. The van der Waals surface area contributed by atoms with E-state index in [9.17, 15) is 4.79 Å². The van der Waals surface area contributed by atoms with Crippen molar-refractivity contribution in [3.05, 3.63) is 29.3 Å². The first kappa shape index (κ1) is 16.7. The lowest BCUT2D eigenvalue weighted by Gasteiger charge is -2.58. The number of hydrogen-bond acceptors (Lipinski definition) is 5. The Morgan fingerprint density at radius 1 is 1.21 bits per heavy atom. The maximum atomic E-state index is 13.4. The van der Waals surface area contributed by atoms with Crippen LogP contribution in [0.2, 0.25) is 0 Å². The van der Waals surface area contributed by atoms with Gasteiger partial charge in [-0.2, -0.15) is 0 Å². The largest absolute Gasteiger partial charge is 0.493 e. The molecule has 5 heterocycles. The molecular formula is C23H26N2O4. The van der Waals surface area contributed by atoms with Crippen molar-refractivity contribution in [1.29, 1.82) is 0 Å². The predicted molar refractivity (Wildman–Crippen MR) is 107 cm³/mol. The molecule has 0 N–H and O–H groups in total. The summed E-state index contributed by atoms with van der Waals surface area (Å²) in [5.74, 6) is 2.55. The lowest BCUT2D eigenvalue weighted by molar-refractivity contribution is -0.134. The first-order valence-electron chi connectivity index (χ1n) is 10.8. The van der Waals surface area contributed by atoms with E-state index in [1.807, 2.05) is 6.07 Å². The molecule has 6 nitrogen and oxygen atoms in total. The Morgan fingerprint density at radius 2 is 2.03 bits per heavy atom. The van der Waals surface area contributed by atoms with Crippen LogP contribution in [0.3, 0.4) is 0 Å². The third kappa shape index (κ3) is 1.80. The number of piperidine rings is 2. The number of carbonyl (C=O) groups excluding carboxylic acids is 1. The van der Waals surface area contributed by atoms with Crippen LogP contribution < -0.4 is 14.4 Å². The summed E-state index contributed by atoms with van der Waals surface area (Å²) < 4.78 is 17.6. The van der Waals surface area contributed by atoms with Crippen molar-refractivity contribution in [3.8, 4) is 11.5 Å². The number of carbonyl (C=O) groups is 1. The molecule has 0 aromatic heterocycles. The van der Waals surface area contributed by atoms with Crippen LogP contribution in [0.4, 0.5) is 5.69 Å². The minimum atomic E-state index is -0.00526. The van der Waals surface area contributed by atoms with Crippen molar-refractivity contribution in [1.82, 2.24) is 4.90 Å². The van der Waals surface area contributed by atoms with E-state index < -0.39 is 0 Å². The van der Waals surface area contributed by atoms with Gasteiger partial charge in [0.05, 0.1) is 45.1 Å². The van der Waals surface area contributed by atoms with Gasteiger partial charge >= 0.3 is 0 Å². The Labute approximate surface area is 170 Å². The molecule has 1 aromatic rings. The van der Waals surface area contributed by atoms with Gasteiger partial charge in [0.25, 0.3) is 0 Å². The van der Waals surface area contributed by atoms with E-state index in [1.165, 1.54) is 5.56 Å². The van der Waals surface area contributed by atoms with Gasteiger partial charge in [-0.05, 0) is 31.0 Å². The molecule has 1 saturated carbocycles. The quantitative estimate of drug-likeness (QED) is 0.719. The highest BCUT2D eigenvalue weighted by molar-refractivity contribution is 5.99. The van der Waals surface area contributed by atoms with Gasteiger partial charge in [0.15, 0.2) is 11.5 Å². The van der Waals surface area contributed by atoms with E-state index in [-0.39, 0.29) is 23.5 Å². The Bertz CT molecular complexity index is 974. The summed E-state index contributed by atoms with van der Waals surface area (Å²) in [4.78, 5) is 18.3. The summed E-state index contributed by atoms with van der Waals surface area (Å²) in [7, 11) is 3.36. The van der Waals surface area contributed by atoms with Gasteiger partial charge in [-0.3, -0.25) is 9.69 Å². The summed E-state index contributed by atoms with van der Waals surface area (Å²) in [5, 5.41) is 0.